The average Bonchev–Trinajstić information content (AvgIpc) is 2.19. The summed E-state index contributed by atoms with van der Waals surface area (Å²) in [6.07, 6.45) is 0. The van der Waals surface area contributed by atoms with Gasteiger partial charge in [-0.25, -0.2) is 8.79 Å². The molecule has 0 heterocycles. The quantitative estimate of drug-likeness (QED) is 0.427. The molecule has 0 fully saturated rings. The number of aliphatic imine (C=N–C) groups is 1. The molecule has 2 nitrogen and oxygen atoms in total. The van der Waals surface area contributed by atoms with Crippen LogP contribution >= 0.6 is 11.9 Å². The maximum atomic E-state index is 12.6. The highest BCUT2D eigenvalue weighted by Crippen LogP contribution is 2.14. The predicted molar refractivity (Wildman–Crippen MR) is 60.6 cm³/mol. The van der Waals surface area contributed by atoms with E-state index in [9.17, 15) is 4.39 Å². The van der Waals surface area contributed by atoms with Gasteiger partial charge >= 0.3 is 0 Å². The largest absolute Gasteiger partial charge is 0.276 e. The van der Waals surface area contributed by atoms with E-state index in [0.29, 0.717) is 6.54 Å². The molecular formula is C10H11FN2S. The topological polar surface area (TPSA) is 24.7 Å². The summed E-state index contributed by atoms with van der Waals surface area (Å²) in [5, 5.41) is 0.766. The molecule has 14 heavy (non-hydrogen) atoms. The molecule has 4 heteroatoms. The highest BCUT2D eigenvalue weighted by molar-refractivity contribution is 8.13. The van der Waals surface area contributed by atoms with Crippen LogP contribution in [-0.2, 0) is 0 Å². The highest BCUT2D eigenvalue weighted by atomic mass is 32.2. The van der Waals surface area contributed by atoms with E-state index in [1.807, 2.05) is 6.92 Å². The van der Waals surface area contributed by atoms with Crippen LogP contribution in [0.1, 0.15) is 12.5 Å². The van der Waals surface area contributed by atoms with Crippen molar-refractivity contribution in [2.24, 2.45) is 9.39 Å². The second kappa shape index (κ2) is 5.54. The van der Waals surface area contributed by atoms with Gasteiger partial charge in [0.25, 0.3) is 0 Å². The summed E-state index contributed by atoms with van der Waals surface area (Å²) in [7, 11) is 0. The monoisotopic (exact) mass is 210 g/mol. The van der Waals surface area contributed by atoms with Gasteiger partial charge in [-0.05, 0) is 37.9 Å². The Bertz CT molecular complexity index is 332. The Kier molecular flexibility index (Phi) is 4.32. The molecule has 0 saturated heterocycles. The summed E-state index contributed by atoms with van der Waals surface area (Å²) in [5.74, 6) is -0.249. The zero-order valence-electron chi connectivity index (χ0n) is 7.90. The summed E-state index contributed by atoms with van der Waals surface area (Å²) in [4.78, 5) is 4.24. The number of nitrogens with zero attached hydrogens (tertiary/aromatic N) is 2. The van der Waals surface area contributed by atoms with Gasteiger partial charge in [0.05, 0.1) is 0 Å². The molecule has 0 aliphatic carbocycles. The average molecular weight is 210 g/mol. The van der Waals surface area contributed by atoms with Gasteiger partial charge in [0.15, 0.2) is 0 Å². The first-order chi connectivity index (χ1) is 6.77. The van der Waals surface area contributed by atoms with Crippen LogP contribution in [0.25, 0.3) is 0 Å². The number of hydrogen-bond acceptors (Lipinski definition) is 3. The lowest BCUT2D eigenvalue weighted by Crippen LogP contribution is -1.95. The molecule has 1 aromatic rings. The molecule has 0 N–H and O–H groups in total. The van der Waals surface area contributed by atoms with E-state index in [0.717, 1.165) is 10.6 Å². The van der Waals surface area contributed by atoms with E-state index in [-0.39, 0.29) is 5.82 Å². The number of benzene rings is 1. The Hall–Kier alpha value is -1.16. The van der Waals surface area contributed by atoms with Crippen LogP contribution in [0.15, 0.2) is 33.7 Å². The Morgan fingerprint density at radius 1 is 1.43 bits per heavy atom. The third-order valence-corrected chi connectivity index (χ3v) is 2.21. The first-order valence-corrected chi connectivity index (χ1v) is 4.98. The van der Waals surface area contributed by atoms with E-state index >= 15 is 0 Å². The molecule has 1 aromatic carbocycles. The van der Waals surface area contributed by atoms with Crippen LogP contribution in [0.3, 0.4) is 0 Å². The van der Waals surface area contributed by atoms with Crippen LogP contribution in [0.4, 0.5) is 4.39 Å². The van der Waals surface area contributed by atoms with Gasteiger partial charge in [0.1, 0.15) is 10.9 Å². The van der Waals surface area contributed by atoms with Crippen molar-refractivity contribution >= 4 is 23.7 Å². The molecule has 0 atom stereocenters. The minimum atomic E-state index is -0.249. The third-order valence-electron chi connectivity index (χ3n) is 1.54. The van der Waals surface area contributed by atoms with Gasteiger partial charge in [0.2, 0.25) is 0 Å². The fourth-order valence-electron chi connectivity index (χ4n) is 0.970. The third kappa shape index (κ3) is 2.96. The normalized spacial score (nSPS) is 11.4. The van der Waals surface area contributed by atoms with Crippen LogP contribution < -0.4 is 0 Å². The second-order valence-electron chi connectivity index (χ2n) is 2.51. The van der Waals surface area contributed by atoms with E-state index < -0.39 is 0 Å². The lowest BCUT2D eigenvalue weighted by Gasteiger charge is -2.01. The number of hydrogen-bond donors (Lipinski definition) is 0. The van der Waals surface area contributed by atoms with Crippen molar-refractivity contribution < 1.29 is 4.39 Å². The van der Waals surface area contributed by atoms with Gasteiger partial charge in [-0.2, -0.15) is 0 Å². The fraction of sp³-hybridized carbons (Fsp3) is 0.200. The van der Waals surface area contributed by atoms with Crippen molar-refractivity contribution in [2.75, 3.05) is 6.54 Å². The number of rotatable bonds is 3. The van der Waals surface area contributed by atoms with Gasteiger partial charge < -0.3 is 0 Å². The molecule has 0 amide bonds. The summed E-state index contributed by atoms with van der Waals surface area (Å²) < 4.78 is 16.3. The Morgan fingerprint density at radius 2 is 2.07 bits per heavy atom. The van der Waals surface area contributed by atoms with Crippen LogP contribution in [0.5, 0.6) is 0 Å². The molecule has 0 bridgehead atoms. The van der Waals surface area contributed by atoms with Crippen molar-refractivity contribution in [3.8, 4) is 0 Å². The first kappa shape index (κ1) is 10.9. The van der Waals surface area contributed by atoms with Crippen molar-refractivity contribution in [1.29, 1.82) is 0 Å². The first-order valence-electron chi connectivity index (χ1n) is 4.21. The smallest absolute Gasteiger partial charge is 0.123 e. The Balaban J connectivity index is 2.93. The maximum Gasteiger partial charge on any atom is 0.123 e. The van der Waals surface area contributed by atoms with Gasteiger partial charge in [0, 0.05) is 24.1 Å². The van der Waals surface area contributed by atoms with Crippen LogP contribution in [0.2, 0.25) is 0 Å². The molecule has 0 aliphatic heterocycles. The minimum Gasteiger partial charge on any atom is -0.276 e. The minimum absolute atomic E-state index is 0.249. The summed E-state index contributed by atoms with van der Waals surface area (Å²) in [5.41, 5.74) is 0.866. The zero-order chi connectivity index (χ0) is 10.4. The van der Waals surface area contributed by atoms with E-state index in [2.05, 4.69) is 16.1 Å². The number of halogens is 1. The van der Waals surface area contributed by atoms with Crippen molar-refractivity contribution in [1.82, 2.24) is 0 Å². The van der Waals surface area contributed by atoms with E-state index in [1.54, 1.807) is 12.1 Å². The summed E-state index contributed by atoms with van der Waals surface area (Å²) >= 11 is 1.20. The lowest BCUT2D eigenvalue weighted by atomic mass is 10.2. The van der Waals surface area contributed by atoms with E-state index in [1.165, 1.54) is 24.1 Å². The summed E-state index contributed by atoms with van der Waals surface area (Å²) in [6, 6.07) is 6.18. The molecule has 1 rings (SSSR count). The van der Waals surface area contributed by atoms with Crippen molar-refractivity contribution in [3.63, 3.8) is 0 Å². The molecule has 0 aromatic heterocycles. The van der Waals surface area contributed by atoms with E-state index in [4.69, 9.17) is 0 Å². The lowest BCUT2D eigenvalue weighted by molar-refractivity contribution is 0.628. The Labute approximate surface area is 87.1 Å². The highest BCUT2D eigenvalue weighted by Gasteiger charge is 2.02. The molecule has 0 radical (unpaired) electrons. The SMILES string of the molecule is C=NSC(=NCC)c1ccc(F)cc1. The van der Waals surface area contributed by atoms with Crippen molar-refractivity contribution in [2.45, 2.75) is 6.92 Å². The van der Waals surface area contributed by atoms with Gasteiger partial charge in [-0.15, -0.1) is 0 Å². The van der Waals surface area contributed by atoms with Crippen LogP contribution in [-0.4, -0.2) is 18.3 Å². The predicted octanol–water partition coefficient (Wildman–Crippen LogP) is 2.94. The molecule has 0 aliphatic rings. The van der Waals surface area contributed by atoms with Crippen LogP contribution in [0, 0.1) is 5.82 Å². The molecule has 0 saturated carbocycles. The second-order valence-corrected chi connectivity index (χ2v) is 3.33. The molecular weight excluding hydrogens is 199 g/mol. The molecule has 0 unspecified atom stereocenters. The van der Waals surface area contributed by atoms with Crippen molar-refractivity contribution in [3.05, 3.63) is 35.6 Å². The molecule has 74 valence electrons. The van der Waals surface area contributed by atoms with Gasteiger partial charge in [-0.1, -0.05) is 0 Å². The standard InChI is InChI=1S/C10H11FN2S/c1-3-13-10(14-12-2)8-4-6-9(11)7-5-8/h4-7H,2-3H2,1H3. The molecule has 0 spiro atoms. The maximum absolute atomic E-state index is 12.6. The Morgan fingerprint density at radius 3 is 2.57 bits per heavy atom. The van der Waals surface area contributed by atoms with Gasteiger partial charge in [-0.3, -0.25) is 4.99 Å². The summed E-state index contributed by atoms with van der Waals surface area (Å²) in [6.45, 7) is 6.00. The fourth-order valence-corrected chi connectivity index (χ4v) is 1.52. The zero-order valence-corrected chi connectivity index (χ0v) is 8.72.